The monoisotopic (exact) mass is 378 g/mol. The Kier molecular flexibility index (Phi) is 5.65. The SMILES string of the molecule is Oc1ccc2ccccc2c1C=NC[C@@H](c1ccc(F)cc1)N1CCOCC1. The van der Waals surface area contributed by atoms with Gasteiger partial charge in [0.25, 0.3) is 0 Å². The Bertz CT molecular complexity index is 966. The number of aliphatic imine (C=N–C) groups is 1. The molecule has 1 fully saturated rings. The number of hydrogen-bond donors (Lipinski definition) is 1. The summed E-state index contributed by atoms with van der Waals surface area (Å²) in [6.07, 6.45) is 1.74. The fourth-order valence-electron chi connectivity index (χ4n) is 3.67. The molecule has 4 rings (SSSR count). The zero-order valence-electron chi connectivity index (χ0n) is 15.6. The molecular weight excluding hydrogens is 355 g/mol. The van der Waals surface area contributed by atoms with E-state index in [2.05, 4.69) is 9.89 Å². The Balaban J connectivity index is 1.61. The Morgan fingerprint density at radius 2 is 1.79 bits per heavy atom. The van der Waals surface area contributed by atoms with Crippen LogP contribution in [0.2, 0.25) is 0 Å². The molecule has 0 radical (unpaired) electrons. The van der Waals surface area contributed by atoms with Crippen LogP contribution in [0.1, 0.15) is 17.2 Å². The lowest BCUT2D eigenvalue weighted by Gasteiger charge is -2.34. The molecule has 3 aromatic rings. The number of aromatic hydroxyl groups is 1. The first-order valence-corrected chi connectivity index (χ1v) is 9.50. The van der Waals surface area contributed by atoms with Gasteiger partial charge in [0.05, 0.1) is 25.8 Å². The van der Waals surface area contributed by atoms with Crippen LogP contribution in [0.25, 0.3) is 10.8 Å². The second kappa shape index (κ2) is 8.50. The highest BCUT2D eigenvalue weighted by Crippen LogP contribution is 2.26. The van der Waals surface area contributed by atoms with E-state index < -0.39 is 0 Å². The summed E-state index contributed by atoms with van der Waals surface area (Å²) in [5.41, 5.74) is 1.75. The highest BCUT2D eigenvalue weighted by molar-refractivity contribution is 6.02. The third-order valence-electron chi connectivity index (χ3n) is 5.19. The largest absolute Gasteiger partial charge is 0.507 e. The predicted molar refractivity (Wildman–Crippen MR) is 110 cm³/mol. The van der Waals surface area contributed by atoms with E-state index in [0.717, 1.165) is 35.0 Å². The van der Waals surface area contributed by atoms with Crippen molar-refractivity contribution in [2.24, 2.45) is 4.99 Å². The normalized spacial score (nSPS) is 16.6. The van der Waals surface area contributed by atoms with Gasteiger partial charge in [0.15, 0.2) is 0 Å². The highest BCUT2D eigenvalue weighted by atomic mass is 19.1. The lowest BCUT2D eigenvalue weighted by molar-refractivity contribution is 0.0180. The van der Waals surface area contributed by atoms with Gasteiger partial charge in [-0.2, -0.15) is 0 Å². The number of benzene rings is 3. The predicted octanol–water partition coefficient (Wildman–Crippen LogP) is 4.18. The first-order chi connectivity index (χ1) is 13.7. The summed E-state index contributed by atoms with van der Waals surface area (Å²) in [6.45, 7) is 3.53. The van der Waals surface area contributed by atoms with E-state index in [1.807, 2.05) is 42.5 Å². The average Bonchev–Trinajstić information content (AvgIpc) is 2.74. The molecule has 0 spiro atoms. The van der Waals surface area contributed by atoms with Gasteiger partial charge in [-0.15, -0.1) is 0 Å². The van der Waals surface area contributed by atoms with Gasteiger partial charge >= 0.3 is 0 Å². The van der Waals surface area contributed by atoms with Gasteiger partial charge in [0.1, 0.15) is 11.6 Å². The van der Waals surface area contributed by atoms with Crippen molar-refractivity contribution in [2.75, 3.05) is 32.8 Å². The molecule has 0 aromatic heterocycles. The third-order valence-corrected chi connectivity index (χ3v) is 5.19. The summed E-state index contributed by atoms with van der Waals surface area (Å²) in [7, 11) is 0. The van der Waals surface area contributed by atoms with Gasteiger partial charge in [-0.05, 0) is 34.5 Å². The van der Waals surface area contributed by atoms with Crippen LogP contribution in [0.15, 0.2) is 65.7 Å². The quantitative estimate of drug-likeness (QED) is 0.678. The number of phenols is 1. The fourth-order valence-corrected chi connectivity index (χ4v) is 3.67. The minimum absolute atomic E-state index is 0.0397. The average molecular weight is 378 g/mol. The van der Waals surface area contributed by atoms with Crippen molar-refractivity contribution in [3.63, 3.8) is 0 Å². The summed E-state index contributed by atoms with van der Waals surface area (Å²) in [5.74, 6) is -0.0270. The Hall–Kier alpha value is -2.76. The molecule has 1 heterocycles. The van der Waals surface area contributed by atoms with Crippen LogP contribution in [0.5, 0.6) is 5.75 Å². The molecule has 4 nitrogen and oxygen atoms in total. The molecule has 1 atom stereocenters. The maximum absolute atomic E-state index is 13.4. The van der Waals surface area contributed by atoms with Crippen molar-refractivity contribution in [3.8, 4) is 5.75 Å². The molecule has 0 amide bonds. The summed E-state index contributed by atoms with van der Waals surface area (Å²) in [4.78, 5) is 6.98. The second-order valence-corrected chi connectivity index (χ2v) is 6.93. The van der Waals surface area contributed by atoms with Crippen molar-refractivity contribution in [1.29, 1.82) is 0 Å². The smallest absolute Gasteiger partial charge is 0.124 e. The molecule has 1 aliphatic rings. The van der Waals surface area contributed by atoms with E-state index >= 15 is 0 Å². The molecule has 1 N–H and O–H groups in total. The van der Waals surface area contributed by atoms with E-state index in [1.165, 1.54) is 12.1 Å². The molecule has 0 unspecified atom stereocenters. The maximum atomic E-state index is 13.4. The number of ether oxygens (including phenoxy) is 1. The number of fused-ring (bicyclic) bond motifs is 1. The van der Waals surface area contributed by atoms with Gasteiger partial charge < -0.3 is 9.84 Å². The van der Waals surface area contributed by atoms with Gasteiger partial charge in [0, 0.05) is 24.9 Å². The topological polar surface area (TPSA) is 45.1 Å². The molecule has 3 aromatic carbocycles. The van der Waals surface area contributed by atoms with E-state index in [9.17, 15) is 9.50 Å². The summed E-state index contributed by atoms with van der Waals surface area (Å²) < 4.78 is 18.8. The van der Waals surface area contributed by atoms with Crippen molar-refractivity contribution < 1.29 is 14.2 Å². The third kappa shape index (κ3) is 4.06. The molecule has 5 heteroatoms. The number of rotatable bonds is 5. The second-order valence-electron chi connectivity index (χ2n) is 6.93. The number of phenolic OH excluding ortho intramolecular Hbond substituents is 1. The lowest BCUT2D eigenvalue weighted by atomic mass is 10.0. The molecular formula is C23H23FN2O2. The fraction of sp³-hybridized carbons (Fsp3) is 0.261. The summed E-state index contributed by atoms with van der Waals surface area (Å²) in [6, 6.07) is 18.2. The van der Waals surface area contributed by atoms with Crippen molar-refractivity contribution >= 4 is 17.0 Å². The summed E-state index contributed by atoms with van der Waals surface area (Å²) in [5, 5.41) is 12.3. The zero-order valence-corrected chi connectivity index (χ0v) is 15.6. The molecule has 1 aliphatic heterocycles. The van der Waals surface area contributed by atoms with E-state index in [0.29, 0.717) is 19.8 Å². The van der Waals surface area contributed by atoms with E-state index in [1.54, 1.807) is 12.3 Å². The van der Waals surface area contributed by atoms with Crippen LogP contribution in [0, 0.1) is 5.82 Å². The number of nitrogens with zero attached hydrogens (tertiary/aromatic N) is 2. The first-order valence-electron chi connectivity index (χ1n) is 9.50. The van der Waals surface area contributed by atoms with Gasteiger partial charge in [-0.25, -0.2) is 4.39 Å². The molecule has 0 aliphatic carbocycles. The van der Waals surface area contributed by atoms with Crippen molar-refractivity contribution in [2.45, 2.75) is 6.04 Å². The van der Waals surface area contributed by atoms with Crippen LogP contribution in [-0.4, -0.2) is 49.1 Å². The molecule has 1 saturated heterocycles. The molecule has 0 saturated carbocycles. The number of morpholine rings is 1. The van der Waals surface area contributed by atoms with Crippen LogP contribution >= 0.6 is 0 Å². The highest BCUT2D eigenvalue weighted by Gasteiger charge is 2.22. The van der Waals surface area contributed by atoms with Crippen molar-refractivity contribution in [1.82, 2.24) is 4.90 Å². The van der Waals surface area contributed by atoms with Gasteiger partial charge in [0.2, 0.25) is 0 Å². The molecule has 28 heavy (non-hydrogen) atoms. The van der Waals surface area contributed by atoms with Crippen molar-refractivity contribution in [3.05, 3.63) is 77.6 Å². The summed E-state index contributed by atoms with van der Waals surface area (Å²) >= 11 is 0. The first kappa shape index (κ1) is 18.6. The standard InChI is InChI=1S/C23H23FN2O2/c24-19-8-5-18(6-9-19)22(26-11-13-28-14-12-26)16-25-15-21-20-4-2-1-3-17(20)7-10-23(21)27/h1-10,15,22,27H,11-14,16H2/t22-/m0/s1. The number of halogens is 1. The number of hydrogen-bond acceptors (Lipinski definition) is 4. The minimum atomic E-state index is -0.242. The minimum Gasteiger partial charge on any atom is -0.507 e. The maximum Gasteiger partial charge on any atom is 0.124 e. The van der Waals surface area contributed by atoms with Crippen LogP contribution < -0.4 is 0 Å². The Morgan fingerprint density at radius 3 is 2.57 bits per heavy atom. The van der Waals surface area contributed by atoms with E-state index in [4.69, 9.17) is 4.74 Å². The molecule has 0 bridgehead atoms. The van der Waals surface area contributed by atoms with Gasteiger partial charge in [-0.3, -0.25) is 9.89 Å². The van der Waals surface area contributed by atoms with E-state index in [-0.39, 0.29) is 17.6 Å². The van der Waals surface area contributed by atoms with Gasteiger partial charge in [-0.1, -0.05) is 42.5 Å². The van der Waals surface area contributed by atoms with Crippen LogP contribution in [-0.2, 0) is 4.74 Å². The zero-order chi connectivity index (χ0) is 19.3. The Labute approximate surface area is 163 Å². The Morgan fingerprint density at radius 1 is 1.04 bits per heavy atom. The lowest BCUT2D eigenvalue weighted by Crippen LogP contribution is -2.40. The van der Waals surface area contributed by atoms with Crippen LogP contribution in [0.4, 0.5) is 4.39 Å². The molecule has 144 valence electrons. The van der Waals surface area contributed by atoms with Crippen LogP contribution in [0.3, 0.4) is 0 Å².